The summed E-state index contributed by atoms with van der Waals surface area (Å²) in [7, 11) is 0. The number of fused-ring (bicyclic) bond motifs is 1. The van der Waals surface area contributed by atoms with Crippen molar-refractivity contribution in [2.45, 2.75) is 58.5 Å². The summed E-state index contributed by atoms with van der Waals surface area (Å²) in [5, 5.41) is 3.12. The zero-order chi connectivity index (χ0) is 18.4. The summed E-state index contributed by atoms with van der Waals surface area (Å²) in [5.74, 6) is 2.85. The molecule has 0 radical (unpaired) electrons. The van der Waals surface area contributed by atoms with E-state index < -0.39 is 0 Å². The van der Waals surface area contributed by atoms with E-state index in [-0.39, 0.29) is 12.0 Å². The quantitative estimate of drug-likeness (QED) is 0.718. The van der Waals surface area contributed by atoms with Crippen molar-refractivity contribution in [1.82, 2.24) is 10.2 Å². The average molecular weight is 367 g/mol. The molecule has 0 unspecified atom stereocenters. The molecule has 0 aromatic heterocycles. The maximum Gasteiger partial charge on any atom is 0.222 e. The van der Waals surface area contributed by atoms with Gasteiger partial charge in [-0.1, -0.05) is 13.8 Å². The first-order valence-corrected chi connectivity index (χ1v) is 10.8. The van der Waals surface area contributed by atoms with Crippen LogP contribution in [0.3, 0.4) is 0 Å². The summed E-state index contributed by atoms with van der Waals surface area (Å²) in [6.07, 6.45) is 6.49. The molecule has 3 saturated heterocycles. The summed E-state index contributed by atoms with van der Waals surface area (Å²) >= 11 is 0. The molecule has 0 spiro atoms. The van der Waals surface area contributed by atoms with E-state index in [0.717, 1.165) is 58.1 Å². The summed E-state index contributed by atoms with van der Waals surface area (Å²) in [6.45, 7) is 11.5. The highest BCUT2D eigenvalue weighted by molar-refractivity contribution is 5.76. The number of ether oxygens (including phenoxy) is 2. The molecule has 3 aliphatic rings. The van der Waals surface area contributed by atoms with Gasteiger partial charge in [-0.05, 0) is 62.9 Å². The second kappa shape index (κ2) is 10.0. The lowest BCUT2D eigenvalue weighted by molar-refractivity contribution is -0.123. The Morgan fingerprint density at radius 1 is 1.23 bits per heavy atom. The number of nitrogens with one attached hydrogen (secondary N) is 1. The van der Waals surface area contributed by atoms with Gasteiger partial charge in [0.05, 0.1) is 19.1 Å². The van der Waals surface area contributed by atoms with Crippen molar-refractivity contribution < 1.29 is 14.3 Å². The van der Waals surface area contributed by atoms with Crippen molar-refractivity contribution in [2.24, 2.45) is 23.7 Å². The lowest BCUT2D eigenvalue weighted by Gasteiger charge is -2.35. The fraction of sp³-hybridized carbons (Fsp3) is 0.952. The fourth-order valence-corrected chi connectivity index (χ4v) is 4.72. The zero-order valence-electron chi connectivity index (χ0n) is 16.8. The van der Waals surface area contributed by atoms with E-state index in [1.165, 1.54) is 25.9 Å². The Balaban J connectivity index is 1.33. The van der Waals surface area contributed by atoms with Crippen LogP contribution in [0.1, 0.15) is 52.4 Å². The van der Waals surface area contributed by atoms with E-state index in [1.807, 2.05) is 0 Å². The van der Waals surface area contributed by atoms with Crippen LogP contribution in [0.25, 0.3) is 0 Å². The van der Waals surface area contributed by atoms with Crippen molar-refractivity contribution in [3.63, 3.8) is 0 Å². The zero-order valence-corrected chi connectivity index (χ0v) is 16.8. The normalized spacial score (nSPS) is 30.5. The van der Waals surface area contributed by atoms with Gasteiger partial charge in [-0.15, -0.1) is 0 Å². The Kier molecular flexibility index (Phi) is 7.77. The lowest BCUT2D eigenvalue weighted by Crippen LogP contribution is -2.42. The molecule has 3 fully saturated rings. The van der Waals surface area contributed by atoms with Gasteiger partial charge in [-0.3, -0.25) is 4.79 Å². The van der Waals surface area contributed by atoms with Gasteiger partial charge in [0.25, 0.3) is 0 Å². The molecule has 3 aliphatic heterocycles. The van der Waals surface area contributed by atoms with Gasteiger partial charge < -0.3 is 19.7 Å². The van der Waals surface area contributed by atoms with Gasteiger partial charge >= 0.3 is 0 Å². The standard InChI is InChI=1S/C21H38N2O3/c1-16(2)4-9-23-10-5-19-18(14-23)15-26-20(19)13-21(24)22-8-3-17-6-11-25-12-7-17/h16-20H,3-15H2,1-2H3,(H,22,24)/t18-,19-,20+/m1/s1. The van der Waals surface area contributed by atoms with Gasteiger partial charge in [0, 0.05) is 32.2 Å². The number of nitrogens with zero attached hydrogens (tertiary/aromatic N) is 1. The minimum absolute atomic E-state index is 0.135. The molecule has 0 bridgehead atoms. The monoisotopic (exact) mass is 366 g/mol. The van der Waals surface area contributed by atoms with Crippen LogP contribution < -0.4 is 5.32 Å². The number of hydrogen-bond acceptors (Lipinski definition) is 4. The minimum Gasteiger partial charge on any atom is -0.381 e. The summed E-state index contributed by atoms with van der Waals surface area (Å²) < 4.78 is 11.4. The highest BCUT2D eigenvalue weighted by Gasteiger charge is 2.41. The number of likely N-dealkylation sites (tertiary alicyclic amines) is 1. The third kappa shape index (κ3) is 5.93. The second-order valence-electron chi connectivity index (χ2n) is 8.97. The van der Waals surface area contributed by atoms with E-state index in [2.05, 4.69) is 24.1 Å². The molecular weight excluding hydrogens is 328 g/mol. The van der Waals surface area contributed by atoms with Gasteiger partial charge in [-0.25, -0.2) is 0 Å². The molecule has 1 N–H and O–H groups in total. The van der Waals surface area contributed by atoms with Crippen LogP contribution in [-0.4, -0.2) is 62.9 Å². The van der Waals surface area contributed by atoms with Crippen molar-refractivity contribution in [3.05, 3.63) is 0 Å². The molecule has 5 heteroatoms. The van der Waals surface area contributed by atoms with Crippen molar-refractivity contribution in [3.8, 4) is 0 Å². The van der Waals surface area contributed by atoms with Gasteiger partial charge in [-0.2, -0.15) is 0 Å². The van der Waals surface area contributed by atoms with Crippen LogP contribution in [0.15, 0.2) is 0 Å². The number of amides is 1. The first-order chi connectivity index (χ1) is 12.6. The smallest absolute Gasteiger partial charge is 0.222 e. The first-order valence-electron chi connectivity index (χ1n) is 10.8. The highest BCUT2D eigenvalue weighted by atomic mass is 16.5. The van der Waals surface area contributed by atoms with E-state index in [4.69, 9.17) is 9.47 Å². The summed E-state index contributed by atoms with van der Waals surface area (Å²) in [6, 6.07) is 0. The van der Waals surface area contributed by atoms with Gasteiger partial charge in [0.1, 0.15) is 0 Å². The van der Waals surface area contributed by atoms with E-state index in [9.17, 15) is 4.79 Å². The molecule has 3 rings (SSSR count). The maximum absolute atomic E-state index is 12.3. The van der Waals surface area contributed by atoms with Crippen LogP contribution >= 0.6 is 0 Å². The molecule has 5 nitrogen and oxygen atoms in total. The van der Waals surface area contributed by atoms with Crippen LogP contribution in [0.4, 0.5) is 0 Å². The Hall–Kier alpha value is -0.650. The lowest BCUT2D eigenvalue weighted by atomic mass is 9.83. The summed E-state index contributed by atoms with van der Waals surface area (Å²) in [5.41, 5.74) is 0. The molecule has 3 atom stereocenters. The van der Waals surface area contributed by atoms with Crippen LogP contribution in [0.5, 0.6) is 0 Å². The topological polar surface area (TPSA) is 50.8 Å². The molecule has 0 aromatic carbocycles. The summed E-state index contributed by atoms with van der Waals surface area (Å²) in [4.78, 5) is 14.9. The van der Waals surface area contributed by atoms with Crippen molar-refractivity contribution in [2.75, 3.05) is 46.0 Å². The maximum atomic E-state index is 12.3. The van der Waals surface area contributed by atoms with Gasteiger partial charge in [0.2, 0.25) is 5.91 Å². The number of piperidine rings is 1. The molecule has 26 heavy (non-hydrogen) atoms. The minimum atomic E-state index is 0.135. The average Bonchev–Trinajstić information content (AvgIpc) is 3.03. The number of hydrogen-bond donors (Lipinski definition) is 1. The third-order valence-corrected chi connectivity index (χ3v) is 6.50. The molecular formula is C21H38N2O3. The Morgan fingerprint density at radius 3 is 2.81 bits per heavy atom. The molecule has 0 saturated carbocycles. The first kappa shape index (κ1) is 20.1. The van der Waals surface area contributed by atoms with Crippen LogP contribution in [0.2, 0.25) is 0 Å². The van der Waals surface area contributed by atoms with E-state index in [1.54, 1.807) is 0 Å². The van der Waals surface area contributed by atoms with E-state index in [0.29, 0.717) is 24.2 Å². The Bertz CT molecular complexity index is 437. The predicted octanol–water partition coefficient (Wildman–Crippen LogP) is 2.69. The number of rotatable bonds is 8. The molecule has 0 aromatic rings. The largest absolute Gasteiger partial charge is 0.381 e. The molecule has 1 amide bonds. The SMILES string of the molecule is CC(C)CCN1CC[C@@H]2[C@@H](CO[C@H]2CC(=O)NCCC2CCOCC2)C1. The Morgan fingerprint density at radius 2 is 2.04 bits per heavy atom. The Labute approximate surface area is 159 Å². The molecule has 150 valence electrons. The number of carbonyl (C=O) groups is 1. The number of carbonyl (C=O) groups excluding carboxylic acids is 1. The second-order valence-corrected chi connectivity index (χ2v) is 8.97. The van der Waals surface area contributed by atoms with Crippen molar-refractivity contribution >= 4 is 5.91 Å². The van der Waals surface area contributed by atoms with Gasteiger partial charge in [0.15, 0.2) is 0 Å². The van der Waals surface area contributed by atoms with Crippen molar-refractivity contribution in [1.29, 1.82) is 0 Å². The fourth-order valence-electron chi connectivity index (χ4n) is 4.72. The molecule has 0 aliphatic carbocycles. The van der Waals surface area contributed by atoms with Crippen LogP contribution in [-0.2, 0) is 14.3 Å². The third-order valence-electron chi connectivity index (χ3n) is 6.50. The predicted molar refractivity (Wildman–Crippen MR) is 103 cm³/mol. The highest BCUT2D eigenvalue weighted by Crippen LogP contribution is 2.36. The van der Waals surface area contributed by atoms with Crippen LogP contribution in [0, 0.1) is 23.7 Å². The molecule has 3 heterocycles. The van der Waals surface area contributed by atoms with E-state index >= 15 is 0 Å².